The molecule has 0 bridgehead atoms. The summed E-state index contributed by atoms with van der Waals surface area (Å²) >= 11 is 0. The number of amides is 1. The standard InChI is InChI=1S/C14H26N2O2/c1-5-6-16(12-7-15-8-12)14(17)13-9(2)10(3)18-11(13)4/h9-13,15H,5-8H2,1-4H3. The summed E-state index contributed by atoms with van der Waals surface area (Å²) in [5.41, 5.74) is 0. The highest BCUT2D eigenvalue weighted by Gasteiger charge is 2.44. The summed E-state index contributed by atoms with van der Waals surface area (Å²) in [5, 5.41) is 3.25. The molecule has 1 N–H and O–H groups in total. The monoisotopic (exact) mass is 254 g/mol. The smallest absolute Gasteiger partial charge is 0.229 e. The lowest BCUT2D eigenvalue weighted by Gasteiger charge is -2.40. The maximum atomic E-state index is 12.8. The van der Waals surface area contributed by atoms with Crippen molar-refractivity contribution in [2.45, 2.75) is 52.4 Å². The number of hydrogen-bond acceptors (Lipinski definition) is 3. The van der Waals surface area contributed by atoms with E-state index in [0.717, 1.165) is 26.1 Å². The molecular weight excluding hydrogens is 228 g/mol. The second kappa shape index (κ2) is 5.57. The SMILES string of the molecule is CCCN(C(=O)C1C(C)OC(C)C1C)C1CNC1. The van der Waals surface area contributed by atoms with E-state index in [1.165, 1.54) is 0 Å². The van der Waals surface area contributed by atoms with E-state index >= 15 is 0 Å². The zero-order valence-electron chi connectivity index (χ0n) is 12.0. The minimum atomic E-state index is 0.0344. The predicted molar refractivity (Wildman–Crippen MR) is 71.3 cm³/mol. The first-order valence-corrected chi connectivity index (χ1v) is 7.22. The molecule has 0 spiro atoms. The Balaban J connectivity index is 2.07. The van der Waals surface area contributed by atoms with Crippen molar-refractivity contribution >= 4 is 5.91 Å². The first-order chi connectivity index (χ1) is 8.56. The number of rotatable bonds is 4. The molecule has 0 aromatic rings. The highest BCUT2D eigenvalue weighted by molar-refractivity contribution is 5.80. The van der Waals surface area contributed by atoms with Crippen molar-refractivity contribution in [2.24, 2.45) is 11.8 Å². The molecule has 4 nitrogen and oxygen atoms in total. The molecule has 2 fully saturated rings. The largest absolute Gasteiger partial charge is 0.374 e. The van der Waals surface area contributed by atoms with Crippen LogP contribution in [0.15, 0.2) is 0 Å². The molecule has 0 radical (unpaired) electrons. The normalized spacial score (nSPS) is 36.4. The third kappa shape index (κ3) is 2.41. The van der Waals surface area contributed by atoms with Crippen LogP contribution in [0, 0.1) is 11.8 Å². The zero-order chi connectivity index (χ0) is 13.3. The Kier molecular flexibility index (Phi) is 4.28. The molecule has 104 valence electrons. The first kappa shape index (κ1) is 13.8. The van der Waals surface area contributed by atoms with Crippen LogP contribution in [-0.2, 0) is 9.53 Å². The Morgan fingerprint density at radius 3 is 2.33 bits per heavy atom. The molecule has 2 rings (SSSR count). The van der Waals surface area contributed by atoms with Gasteiger partial charge in [0.15, 0.2) is 0 Å². The summed E-state index contributed by atoms with van der Waals surface area (Å²) in [5.74, 6) is 0.653. The van der Waals surface area contributed by atoms with Gasteiger partial charge in [0.05, 0.1) is 24.2 Å². The zero-order valence-corrected chi connectivity index (χ0v) is 12.0. The third-order valence-electron chi connectivity index (χ3n) is 4.48. The lowest BCUT2D eigenvalue weighted by Crippen LogP contribution is -2.60. The van der Waals surface area contributed by atoms with Gasteiger partial charge in [-0.3, -0.25) is 4.79 Å². The molecule has 0 saturated carbocycles. The van der Waals surface area contributed by atoms with E-state index in [1.807, 2.05) is 6.92 Å². The average Bonchev–Trinajstić information content (AvgIpc) is 2.49. The van der Waals surface area contributed by atoms with Crippen LogP contribution >= 0.6 is 0 Å². The van der Waals surface area contributed by atoms with Gasteiger partial charge in [0, 0.05) is 19.6 Å². The van der Waals surface area contributed by atoms with Gasteiger partial charge in [-0.25, -0.2) is 0 Å². The van der Waals surface area contributed by atoms with E-state index in [-0.39, 0.29) is 18.1 Å². The molecule has 4 unspecified atom stereocenters. The van der Waals surface area contributed by atoms with E-state index in [9.17, 15) is 4.79 Å². The molecule has 2 heterocycles. The van der Waals surface area contributed by atoms with Gasteiger partial charge in [0.2, 0.25) is 5.91 Å². The van der Waals surface area contributed by atoms with Crippen LogP contribution < -0.4 is 5.32 Å². The molecule has 2 saturated heterocycles. The lowest BCUT2D eigenvalue weighted by molar-refractivity contribution is -0.141. The Morgan fingerprint density at radius 1 is 1.28 bits per heavy atom. The van der Waals surface area contributed by atoms with Crippen LogP contribution in [0.25, 0.3) is 0 Å². The minimum Gasteiger partial charge on any atom is -0.374 e. The Labute approximate surface area is 110 Å². The highest BCUT2D eigenvalue weighted by Crippen LogP contribution is 2.34. The third-order valence-corrected chi connectivity index (χ3v) is 4.48. The second-order valence-corrected chi connectivity index (χ2v) is 5.77. The van der Waals surface area contributed by atoms with Crippen molar-refractivity contribution in [3.05, 3.63) is 0 Å². The van der Waals surface area contributed by atoms with Crippen molar-refractivity contribution in [2.75, 3.05) is 19.6 Å². The topological polar surface area (TPSA) is 41.6 Å². The molecular formula is C14H26N2O2. The van der Waals surface area contributed by atoms with Crippen LogP contribution in [0.4, 0.5) is 0 Å². The van der Waals surface area contributed by atoms with E-state index in [2.05, 4.69) is 31.0 Å². The Morgan fingerprint density at radius 2 is 1.94 bits per heavy atom. The maximum absolute atomic E-state index is 12.8. The van der Waals surface area contributed by atoms with E-state index in [1.54, 1.807) is 0 Å². The molecule has 18 heavy (non-hydrogen) atoms. The Hall–Kier alpha value is -0.610. The van der Waals surface area contributed by atoms with Crippen LogP contribution in [0.2, 0.25) is 0 Å². The molecule has 0 aromatic heterocycles. The second-order valence-electron chi connectivity index (χ2n) is 5.77. The molecule has 1 amide bonds. The summed E-state index contributed by atoms with van der Waals surface area (Å²) in [7, 11) is 0. The van der Waals surface area contributed by atoms with Crippen molar-refractivity contribution in [3.8, 4) is 0 Å². The fourth-order valence-electron chi connectivity index (χ4n) is 3.09. The van der Waals surface area contributed by atoms with Crippen LogP contribution in [-0.4, -0.2) is 48.7 Å². The lowest BCUT2D eigenvalue weighted by atomic mass is 9.87. The number of hydrogen-bond donors (Lipinski definition) is 1. The molecule has 2 aliphatic heterocycles. The molecule has 4 atom stereocenters. The highest BCUT2D eigenvalue weighted by atomic mass is 16.5. The van der Waals surface area contributed by atoms with Crippen LogP contribution in [0.5, 0.6) is 0 Å². The number of ether oxygens (including phenoxy) is 1. The van der Waals surface area contributed by atoms with Crippen LogP contribution in [0.1, 0.15) is 34.1 Å². The van der Waals surface area contributed by atoms with Gasteiger partial charge >= 0.3 is 0 Å². The summed E-state index contributed by atoms with van der Waals surface area (Å²) in [6.07, 6.45) is 1.26. The van der Waals surface area contributed by atoms with Gasteiger partial charge in [0.25, 0.3) is 0 Å². The summed E-state index contributed by atoms with van der Waals surface area (Å²) < 4.78 is 5.80. The van der Waals surface area contributed by atoms with Gasteiger partial charge in [-0.05, 0) is 26.2 Å². The average molecular weight is 254 g/mol. The van der Waals surface area contributed by atoms with Gasteiger partial charge in [-0.15, -0.1) is 0 Å². The number of carbonyl (C=O) groups is 1. The number of nitrogens with one attached hydrogen (secondary N) is 1. The predicted octanol–water partition coefficient (Wildman–Crippen LogP) is 1.26. The summed E-state index contributed by atoms with van der Waals surface area (Å²) in [6.45, 7) is 11.1. The van der Waals surface area contributed by atoms with Gasteiger partial charge in [0.1, 0.15) is 0 Å². The minimum absolute atomic E-state index is 0.0344. The van der Waals surface area contributed by atoms with Crippen molar-refractivity contribution < 1.29 is 9.53 Å². The van der Waals surface area contributed by atoms with E-state index in [0.29, 0.717) is 17.9 Å². The molecule has 2 aliphatic rings. The fraction of sp³-hybridized carbons (Fsp3) is 0.929. The number of carbonyl (C=O) groups excluding carboxylic acids is 1. The van der Waals surface area contributed by atoms with Gasteiger partial charge < -0.3 is 15.0 Å². The fourth-order valence-corrected chi connectivity index (χ4v) is 3.09. The summed E-state index contributed by atoms with van der Waals surface area (Å²) in [4.78, 5) is 14.8. The molecule has 0 aliphatic carbocycles. The quantitative estimate of drug-likeness (QED) is 0.821. The van der Waals surface area contributed by atoms with E-state index < -0.39 is 0 Å². The number of nitrogens with zero attached hydrogens (tertiary/aromatic N) is 1. The van der Waals surface area contributed by atoms with E-state index in [4.69, 9.17) is 4.74 Å². The maximum Gasteiger partial charge on any atom is 0.229 e. The Bertz CT molecular complexity index is 304. The molecule has 4 heteroatoms. The first-order valence-electron chi connectivity index (χ1n) is 7.22. The van der Waals surface area contributed by atoms with Crippen molar-refractivity contribution in [1.82, 2.24) is 10.2 Å². The molecule has 0 aromatic carbocycles. The van der Waals surface area contributed by atoms with Crippen molar-refractivity contribution in [3.63, 3.8) is 0 Å². The van der Waals surface area contributed by atoms with Crippen molar-refractivity contribution in [1.29, 1.82) is 0 Å². The van der Waals surface area contributed by atoms with Crippen LogP contribution in [0.3, 0.4) is 0 Å². The summed E-state index contributed by atoms with van der Waals surface area (Å²) in [6, 6.07) is 0.396. The van der Waals surface area contributed by atoms with Gasteiger partial charge in [-0.1, -0.05) is 13.8 Å². The van der Waals surface area contributed by atoms with Gasteiger partial charge in [-0.2, -0.15) is 0 Å².